The minimum Gasteiger partial charge on any atom is -0.494 e. The van der Waals surface area contributed by atoms with Crippen LogP contribution in [0.15, 0.2) is 197 Å². The van der Waals surface area contributed by atoms with E-state index >= 15 is 0 Å². The summed E-state index contributed by atoms with van der Waals surface area (Å²) < 4.78 is 142. The zero-order valence-electron chi connectivity index (χ0n) is 64.3. The Hall–Kier alpha value is -8.70. The lowest BCUT2D eigenvalue weighted by Gasteiger charge is -2.18. The van der Waals surface area contributed by atoms with E-state index in [1.165, 1.54) is 86.0 Å². The van der Waals surface area contributed by atoms with Crippen molar-refractivity contribution in [3.63, 3.8) is 0 Å². The average molecular weight is 1860 g/mol. The van der Waals surface area contributed by atoms with Crippen LogP contribution in [0.3, 0.4) is 0 Å². The van der Waals surface area contributed by atoms with Gasteiger partial charge in [-0.05, 0) is 247 Å². The van der Waals surface area contributed by atoms with E-state index in [0.29, 0.717) is 100 Å². The molecule has 0 spiro atoms. The van der Waals surface area contributed by atoms with Gasteiger partial charge in [-0.3, -0.25) is 19.6 Å². The molecule has 0 unspecified atom stereocenters. The Morgan fingerprint density at radius 1 is 0.360 bits per heavy atom. The second-order valence-electron chi connectivity index (χ2n) is 27.0. The van der Waals surface area contributed by atoms with Crippen LogP contribution in [-0.2, 0) is 40.5 Å². The molecule has 4 heterocycles. The topological polar surface area (TPSA) is 277 Å². The van der Waals surface area contributed by atoms with Crippen LogP contribution in [0.2, 0.25) is 5.02 Å². The molecule has 4 fully saturated rings. The summed E-state index contributed by atoms with van der Waals surface area (Å²) in [7, 11) is -14.6. The molecule has 0 radical (unpaired) electrons. The minimum atomic E-state index is -4.10. The van der Waals surface area contributed by atoms with E-state index in [4.69, 9.17) is 33.1 Å². The van der Waals surface area contributed by atoms with Crippen LogP contribution in [0.25, 0.3) is 0 Å². The Morgan fingerprint density at radius 3 is 0.886 bits per heavy atom. The van der Waals surface area contributed by atoms with Crippen LogP contribution in [0.1, 0.15) is 95.8 Å². The number of rotatable bonds is 29. The highest BCUT2D eigenvalue weighted by molar-refractivity contribution is 9.11. The number of benzene rings is 8. The fourth-order valence-corrected chi connectivity index (χ4v) is 18.4. The Morgan fingerprint density at radius 2 is 0.623 bits per heavy atom. The maximum Gasteiger partial charge on any atom is 0.339 e. The molecule has 8 amide bonds. The van der Waals surface area contributed by atoms with Gasteiger partial charge in [0, 0.05) is 123 Å². The molecule has 4 saturated heterocycles. The number of methoxy groups -OCH3 is 1. The van der Waals surface area contributed by atoms with Crippen molar-refractivity contribution in [2.45, 2.75) is 119 Å². The fourth-order valence-electron chi connectivity index (χ4n) is 12.4. The summed E-state index contributed by atoms with van der Waals surface area (Å²) in [6.07, 6.45) is 7.97. The van der Waals surface area contributed by atoms with E-state index < -0.39 is 46.3 Å². The van der Waals surface area contributed by atoms with Crippen molar-refractivity contribution >= 4 is 147 Å². The van der Waals surface area contributed by atoms with Gasteiger partial charge in [0.2, 0.25) is 0 Å². The van der Waals surface area contributed by atoms with Crippen LogP contribution in [0, 0.1) is 26.6 Å². The number of carbonyl (C=O) groups is 4. The first-order chi connectivity index (χ1) is 54.2. The molecule has 25 nitrogen and oxygen atoms in total. The van der Waals surface area contributed by atoms with Gasteiger partial charge in [-0.1, -0.05) is 80.9 Å². The van der Waals surface area contributed by atoms with Gasteiger partial charge < -0.3 is 41.1 Å². The van der Waals surface area contributed by atoms with Gasteiger partial charge in [0.05, 0.1) is 16.1 Å². The molecule has 34 heteroatoms. The first-order valence-electron chi connectivity index (χ1n) is 36.9. The van der Waals surface area contributed by atoms with Crippen molar-refractivity contribution in [1.29, 1.82) is 0 Å². The standard InChI is InChI=1S/C20H22Br2N2O5S.C20H23BrN2O4S.C20H23ClN2O4S.C20H23FN2O4S/c1-3-4-9-23-10-11-24(20(23)25)14-5-7-16(8-6-14)30(26,27)29-15-12-17(21)19(28-2)18(22)13-15;3*1-3-4-9-22-10-11-23(20(22)24)17-5-7-19(8-6-17)28(25,26)27-18-13-15(2)12-16(21)14-18/h5-8,12-13H,3-4,9-11H2,1-2H3;3*5-8,12-14H,3-4,9-11H2,1-2H3. The highest BCUT2D eigenvalue weighted by Crippen LogP contribution is 2.39. The van der Waals surface area contributed by atoms with Gasteiger partial charge >= 0.3 is 64.6 Å². The number of anilines is 4. The van der Waals surface area contributed by atoms with Crippen LogP contribution < -0.4 is 41.1 Å². The number of amides is 8. The van der Waals surface area contributed by atoms with Gasteiger partial charge in [0.1, 0.15) is 54.1 Å². The van der Waals surface area contributed by atoms with Gasteiger partial charge in [-0.15, -0.1) is 0 Å². The van der Waals surface area contributed by atoms with Gasteiger partial charge in [-0.25, -0.2) is 23.6 Å². The molecule has 114 heavy (non-hydrogen) atoms. The van der Waals surface area contributed by atoms with Crippen molar-refractivity contribution in [1.82, 2.24) is 19.6 Å². The first-order valence-corrected chi connectivity index (χ1v) is 45.3. The number of nitrogens with zero attached hydrogens (tertiary/aromatic N) is 8. The molecule has 4 aliphatic heterocycles. The number of unbranched alkanes of at least 4 members (excludes halogenated alkanes) is 4. The van der Waals surface area contributed by atoms with Gasteiger partial charge in [0.15, 0.2) is 0 Å². The number of aryl methyl sites for hydroxylation is 3. The number of carbonyl (C=O) groups excluding carboxylic acids is 4. The van der Waals surface area contributed by atoms with Crippen molar-refractivity contribution < 1.29 is 78.7 Å². The van der Waals surface area contributed by atoms with Gasteiger partial charge in [0.25, 0.3) is 0 Å². The Balaban J connectivity index is 0.000000174. The van der Waals surface area contributed by atoms with Crippen LogP contribution in [0.4, 0.5) is 46.3 Å². The molecule has 0 aliphatic carbocycles. The van der Waals surface area contributed by atoms with Crippen molar-refractivity contribution in [3.8, 4) is 28.7 Å². The molecule has 12 rings (SSSR count). The zero-order chi connectivity index (χ0) is 82.8. The molecular formula is C80H91Br3ClFN8O17S4. The number of hydrogen-bond acceptors (Lipinski definition) is 17. The summed E-state index contributed by atoms with van der Waals surface area (Å²) >= 11 is 15.9. The third kappa shape index (κ3) is 23.8. The Kier molecular flexibility index (Phi) is 31.5. The fraction of sp³-hybridized carbons (Fsp3) is 0.350. The SMILES string of the molecule is CCCCN1CCN(c2ccc(S(=O)(=O)Oc3cc(Br)c(OC)c(Br)c3)cc2)C1=O.CCCCN1CCN(c2ccc(S(=O)(=O)Oc3cc(C)cc(Br)c3)cc2)C1=O.CCCCN1CCN(c2ccc(S(=O)(=O)Oc3cc(C)cc(Cl)c3)cc2)C1=O.CCCCN1CCN(c2ccc(S(=O)(=O)Oc3cc(C)cc(F)c3)cc2)C1=O. The number of urea groups is 4. The van der Waals surface area contributed by atoms with Crippen molar-refractivity contribution in [3.05, 3.63) is 205 Å². The number of halogens is 5. The van der Waals surface area contributed by atoms with Crippen LogP contribution in [0.5, 0.6) is 28.7 Å². The summed E-state index contributed by atoms with van der Waals surface area (Å²) in [4.78, 5) is 63.9. The summed E-state index contributed by atoms with van der Waals surface area (Å²) in [5.41, 5.74) is 4.88. The first kappa shape index (κ1) is 89.2. The average Bonchev–Trinajstić information content (AvgIpc) is 1.19. The Bertz CT molecular complexity index is 4740. The Labute approximate surface area is 697 Å². The summed E-state index contributed by atoms with van der Waals surface area (Å²) in [6, 6.07) is 40.9. The summed E-state index contributed by atoms with van der Waals surface area (Å²) in [5.74, 6) is 0.434. The molecule has 0 bridgehead atoms. The van der Waals surface area contributed by atoms with E-state index in [1.807, 2.05) is 27.7 Å². The molecule has 612 valence electrons. The predicted octanol–water partition coefficient (Wildman–Crippen LogP) is 18.0. The number of ether oxygens (including phenoxy) is 1. The molecule has 8 aromatic carbocycles. The lowest BCUT2D eigenvalue weighted by atomic mass is 10.2. The maximum absolute atomic E-state index is 13.5. The van der Waals surface area contributed by atoms with Crippen LogP contribution >= 0.6 is 59.4 Å². The van der Waals surface area contributed by atoms with E-state index in [9.17, 15) is 57.2 Å². The highest BCUT2D eigenvalue weighted by atomic mass is 79.9. The molecule has 8 aromatic rings. The van der Waals surface area contributed by atoms with Crippen molar-refractivity contribution in [2.75, 3.05) is 105 Å². The largest absolute Gasteiger partial charge is 0.494 e. The summed E-state index contributed by atoms with van der Waals surface area (Å²) in [5, 5.41) is 0.403. The third-order valence-corrected chi connectivity index (χ3v) is 25.2. The van der Waals surface area contributed by atoms with Crippen LogP contribution in [-0.4, -0.2) is 163 Å². The molecule has 0 atom stereocenters. The van der Waals surface area contributed by atoms with E-state index in [2.05, 4.69) is 75.5 Å². The monoisotopic (exact) mass is 1850 g/mol. The minimum absolute atomic E-state index is 0.00352. The van der Waals surface area contributed by atoms with Crippen molar-refractivity contribution in [2.24, 2.45) is 0 Å². The predicted molar refractivity (Wildman–Crippen MR) is 449 cm³/mol. The number of hydrogen-bond donors (Lipinski definition) is 0. The molecular weight excluding hydrogens is 1770 g/mol. The molecule has 0 saturated carbocycles. The lowest BCUT2D eigenvalue weighted by Crippen LogP contribution is -2.32. The second-order valence-corrected chi connectivity index (χ2v) is 36.3. The van der Waals surface area contributed by atoms with E-state index in [0.717, 1.165) is 99.2 Å². The quantitative estimate of drug-likeness (QED) is 0.0394. The zero-order valence-corrected chi connectivity index (χ0v) is 73.1. The molecule has 0 N–H and O–H groups in total. The lowest BCUT2D eigenvalue weighted by molar-refractivity contribution is 0.219. The van der Waals surface area contributed by atoms with Gasteiger partial charge in [-0.2, -0.15) is 33.7 Å². The maximum atomic E-state index is 13.5. The molecule has 0 aromatic heterocycles. The van der Waals surface area contributed by atoms with E-state index in [1.54, 1.807) is 111 Å². The smallest absolute Gasteiger partial charge is 0.339 e. The summed E-state index contributed by atoms with van der Waals surface area (Å²) in [6.45, 7) is 21.6. The normalized spacial score (nSPS) is 14.5. The molecule has 4 aliphatic rings. The third-order valence-electron chi connectivity index (χ3n) is 18.3. The second kappa shape index (κ2) is 40.2. The highest BCUT2D eigenvalue weighted by Gasteiger charge is 2.34. The van der Waals surface area contributed by atoms with E-state index in [-0.39, 0.29) is 66.7 Å².